The van der Waals surface area contributed by atoms with E-state index in [4.69, 9.17) is 11.5 Å². The minimum absolute atomic E-state index is 0.563. The molecule has 3 heterocycles. The van der Waals surface area contributed by atoms with Crippen LogP contribution in [0.2, 0.25) is 0 Å². The van der Waals surface area contributed by atoms with E-state index >= 15 is 0 Å². The van der Waals surface area contributed by atoms with Gasteiger partial charge in [0.25, 0.3) is 0 Å². The first-order valence-corrected chi connectivity index (χ1v) is 14.7. The maximum absolute atomic E-state index is 5.99. The number of hydrogen-bond donors (Lipinski definition) is 4. The lowest BCUT2D eigenvalue weighted by atomic mass is 10.2. The monoisotopic (exact) mass is 531 g/mol. The Morgan fingerprint density at radius 1 is 0.821 bits per heavy atom. The van der Waals surface area contributed by atoms with Crippen molar-refractivity contribution in [2.45, 2.75) is 64.7 Å². The summed E-state index contributed by atoms with van der Waals surface area (Å²) in [5.41, 5.74) is 18.6. The van der Waals surface area contributed by atoms with Crippen LogP contribution in [0, 0.1) is 13.8 Å². The highest BCUT2D eigenvalue weighted by atomic mass is 15.2. The molecule has 2 saturated heterocycles. The van der Waals surface area contributed by atoms with E-state index in [1.165, 1.54) is 24.2 Å². The van der Waals surface area contributed by atoms with Gasteiger partial charge < -0.3 is 31.9 Å². The molecule has 8 heteroatoms. The van der Waals surface area contributed by atoms with Crippen molar-refractivity contribution in [2.75, 3.05) is 60.5 Å². The van der Waals surface area contributed by atoms with Crippen LogP contribution in [0.1, 0.15) is 36.8 Å². The van der Waals surface area contributed by atoms with Crippen LogP contribution in [0.25, 0.3) is 0 Å². The minimum Gasteiger partial charge on any atom is -0.399 e. The topological polar surface area (TPSA) is 91.4 Å². The Balaban J connectivity index is 0.939. The molecular formula is C31H47N8+. The van der Waals surface area contributed by atoms with Crippen LogP contribution in [0.15, 0.2) is 55.1 Å². The lowest BCUT2D eigenvalue weighted by Gasteiger charge is -2.20. The zero-order chi connectivity index (χ0) is 27.2. The standard InChI is InChI=1S/C31H47N8/c1-24-19-28(5-7-30(24)32)38-15-9-26(21-38)34-11-3-13-36-17-18-37(23-36)14-4-12-35-27-10-16-39(22-27)29-6-8-31(33)25(2)20-29/h5-8,17-20,23,26-27,34-35H,3-4,9-16,21-22,32-33H2,1-2H3/q+1. The fourth-order valence-electron chi connectivity index (χ4n) is 5.87. The molecule has 0 amide bonds. The Morgan fingerprint density at radius 2 is 1.38 bits per heavy atom. The summed E-state index contributed by atoms with van der Waals surface area (Å²) in [6.07, 6.45) is 11.3. The molecule has 3 aromatic rings. The van der Waals surface area contributed by atoms with Gasteiger partial charge in [-0.3, -0.25) is 0 Å². The quantitative estimate of drug-likeness (QED) is 0.163. The highest BCUT2D eigenvalue weighted by Crippen LogP contribution is 2.25. The van der Waals surface area contributed by atoms with Gasteiger partial charge in [-0.15, -0.1) is 0 Å². The summed E-state index contributed by atoms with van der Waals surface area (Å²) in [4.78, 5) is 4.94. The van der Waals surface area contributed by atoms with E-state index in [0.29, 0.717) is 12.1 Å². The molecule has 2 atom stereocenters. The summed E-state index contributed by atoms with van der Waals surface area (Å²) in [6, 6.07) is 13.9. The Hall–Kier alpha value is -3.23. The summed E-state index contributed by atoms with van der Waals surface area (Å²) >= 11 is 0. The summed E-state index contributed by atoms with van der Waals surface area (Å²) in [7, 11) is 0. The predicted molar refractivity (Wildman–Crippen MR) is 162 cm³/mol. The van der Waals surface area contributed by atoms with Crippen molar-refractivity contribution in [1.82, 2.24) is 15.2 Å². The maximum atomic E-state index is 5.99. The fraction of sp³-hybridized carbons (Fsp3) is 0.516. The molecule has 39 heavy (non-hydrogen) atoms. The van der Waals surface area contributed by atoms with Crippen LogP contribution < -0.4 is 36.5 Å². The second kappa shape index (κ2) is 12.7. The van der Waals surface area contributed by atoms with Crippen molar-refractivity contribution in [3.63, 3.8) is 0 Å². The van der Waals surface area contributed by atoms with E-state index in [2.05, 4.69) is 86.4 Å². The van der Waals surface area contributed by atoms with Crippen LogP contribution in [-0.2, 0) is 13.1 Å². The lowest BCUT2D eigenvalue weighted by Crippen LogP contribution is -2.37. The number of hydrogen-bond acceptors (Lipinski definition) is 6. The van der Waals surface area contributed by atoms with Gasteiger partial charge in [0.1, 0.15) is 12.4 Å². The Bertz CT molecular complexity index is 1130. The van der Waals surface area contributed by atoms with Crippen molar-refractivity contribution in [2.24, 2.45) is 0 Å². The smallest absolute Gasteiger partial charge is 0.243 e. The van der Waals surface area contributed by atoms with E-state index in [1.807, 2.05) is 12.1 Å². The molecule has 0 aliphatic carbocycles. The summed E-state index contributed by atoms with van der Waals surface area (Å²) in [5, 5.41) is 7.54. The van der Waals surface area contributed by atoms with E-state index in [0.717, 1.165) is 87.7 Å². The van der Waals surface area contributed by atoms with Gasteiger partial charge in [-0.2, -0.15) is 0 Å². The average Bonchev–Trinajstić information content (AvgIpc) is 3.69. The van der Waals surface area contributed by atoms with Gasteiger partial charge >= 0.3 is 0 Å². The van der Waals surface area contributed by atoms with Gasteiger partial charge in [-0.1, -0.05) is 0 Å². The Kier molecular flexibility index (Phi) is 8.94. The number of nitrogens with zero attached hydrogens (tertiary/aromatic N) is 4. The van der Waals surface area contributed by atoms with Crippen molar-refractivity contribution in [1.29, 1.82) is 0 Å². The zero-order valence-corrected chi connectivity index (χ0v) is 23.8. The summed E-state index contributed by atoms with van der Waals surface area (Å²) in [6.45, 7) is 12.7. The van der Waals surface area contributed by atoms with Crippen molar-refractivity contribution in [3.05, 3.63) is 66.2 Å². The first-order chi connectivity index (χ1) is 18.9. The number of anilines is 4. The number of aromatic nitrogens is 2. The van der Waals surface area contributed by atoms with E-state index < -0.39 is 0 Å². The normalized spacial score (nSPS) is 19.3. The average molecular weight is 532 g/mol. The minimum atomic E-state index is 0.563. The number of nitrogens with one attached hydrogen (secondary N) is 2. The summed E-state index contributed by atoms with van der Waals surface area (Å²) in [5.74, 6) is 0. The molecule has 2 aromatic carbocycles. The molecule has 2 aliphatic rings. The van der Waals surface area contributed by atoms with Crippen LogP contribution in [0.4, 0.5) is 22.7 Å². The highest BCUT2D eigenvalue weighted by molar-refractivity contribution is 5.59. The molecule has 2 fully saturated rings. The summed E-state index contributed by atoms with van der Waals surface area (Å²) < 4.78 is 4.63. The second-order valence-electron chi connectivity index (χ2n) is 11.4. The first kappa shape index (κ1) is 27.3. The van der Waals surface area contributed by atoms with Gasteiger partial charge in [0.2, 0.25) is 6.33 Å². The number of rotatable bonds is 12. The Labute approximate surface area is 234 Å². The number of nitrogens with two attached hydrogens (primary N) is 2. The molecular weight excluding hydrogens is 484 g/mol. The molecule has 6 N–H and O–H groups in total. The number of aryl methyl sites for hydroxylation is 4. The van der Waals surface area contributed by atoms with Gasteiger partial charge in [0, 0.05) is 61.0 Å². The van der Waals surface area contributed by atoms with Gasteiger partial charge in [-0.25, -0.2) is 9.13 Å². The molecule has 1 aromatic heterocycles. The van der Waals surface area contributed by atoms with Crippen LogP contribution in [0.3, 0.4) is 0 Å². The van der Waals surface area contributed by atoms with Crippen LogP contribution in [-0.4, -0.2) is 55.9 Å². The third-order valence-electron chi connectivity index (χ3n) is 8.41. The van der Waals surface area contributed by atoms with Crippen LogP contribution in [0.5, 0.6) is 0 Å². The second-order valence-corrected chi connectivity index (χ2v) is 11.4. The highest BCUT2D eigenvalue weighted by Gasteiger charge is 2.23. The van der Waals surface area contributed by atoms with Crippen molar-refractivity contribution in [3.8, 4) is 0 Å². The van der Waals surface area contributed by atoms with Crippen LogP contribution >= 0.6 is 0 Å². The van der Waals surface area contributed by atoms with Gasteiger partial charge in [0.15, 0.2) is 0 Å². The van der Waals surface area contributed by atoms with E-state index in [1.54, 1.807) is 0 Å². The number of imidazole rings is 1. The first-order valence-electron chi connectivity index (χ1n) is 14.7. The largest absolute Gasteiger partial charge is 0.399 e. The van der Waals surface area contributed by atoms with Crippen molar-refractivity contribution < 1.29 is 4.57 Å². The van der Waals surface area contributed by atoms with Gasteiger partial charge in [-0.05, 0) is 100 Å². The SMILES string of the molecule is Cc1cc(N2CCC(NCCCn3cc[n+](CCCNC4CCN(c5ccc(N)c(C)c5)C4)c3)C2)ccc1N. The van der Waals surface area contributed by atoms with E-state index in [9.17, 15) is 0 Å². The zero-order valence-electron chi connectivity index (χ0n) is 23.8. The molecule has 2 unspecified atom stereocenters. The molecule has 0 saturated carbocycles. The molecule has 210 valence electrons. The molecule has 0 bridgehead atoms. The fourth-order valence-corrected chi connectivity index (χ4v) is 5.87. The number of nitrogen functional groups attached to an aromatic ring is 2. The van der Waals surface area contributed by atoms with Crippen molar-refractivity contribution >= 4 is 22.7 Å². The molecule has 2 aliphatic heterocycles. The molecule has 8 nitrogen and oxygen atoms in total. The molecule has 0 radical (unpaired) electrons. The van der Waals surface area contributed by atoms with E-state index in [-0.39, 0.29) is 0 Å². The maximum Gasteiger partial charge on any atom is 0.243 e. The molecule has 5 rings (SSSR count). The Morgan fingerprint density at radius 3 is 1.95 bits per heavy atom. The third-order valence-corrected chi connectivity index (χ3v) is 8.41. The third kappa shape index (κ3) is 7.25. The molecule has 0 spiro atoms. The predicted octanol–water partition coefficient (Wildman–Crippen LogP) is 3.07. The van der Waals surface area contributed by atoms with Gasteiger partial charge in [0.05, 0.1) is 13.1 Å². The number of benzene rings is 2. The lowest BCUT2D eigenvalue weighted by molar-refractivity contribution is -0.696.